The summed E-state index contributed by atoms with van der Waals surface area (Å²) >= 11 is 0. The smallest absolute Gasteiger partial charge is 0.118 e. The number of rotatable bonds is 1. The molecule has 1 nitrogen and oxygen atoms in total. The number of phenolic OH excluding ortho intramolecular Hbond substituents is 1. The Morgan fingerprint density at radius 3 is 2.21 bits per heavy atom. The fraction of sp³-hybridized carbons (Fsp3) is 0.0769. The first-order chi connectivity index (χ1) is 6.77. The van der Waals surface area contributed by atoms with E-state index in [1.54, 1.807) is 6.07 Å². The molecule has 0 bridgehead atoms. The van der Waals surface area contributed by atoms with Gasteiger partial charge in [0.25, 0.3) is 0 Å². The fourth-order valence-corrected chi connectivity index (χ4v) is 1.47. The Hall–Kier alpha value is -1.76. The first-order valence-corrected chi connectivity index (χ1v) is 4.62. The number of aromatic hydroxyl groups is 1. The summed E-state index contributed by atoms with van der Waals surface area (Å²) in [6.45, 7) is 1.90. The molecule has 1 N–H and O–H groups in total. The summed E-state index contributed by atoms with van der Waals surface area (Å²) < 4.78 is 0. The van der Waals surface area contributed by atoms with Crippen molar-refractivity contribution in [3.8, 4) is 16.9 Å². The monoisotopic (exact) mass is 184 g/mol. The molecular weight excluding hydrogens is 172 g/mol. The zero-order valence-electron chi connectivity index (χ0n) is 8.07. The first kappa shape index (κ1) is 8.82. The zero-order chi connectivity index (χ0) is 9.97. The molecule has 70 valence electrons. The number of phenols is 1. The topological polar surface area (TPSA) is 20.2 Å². The number of hydrogen-bond donors (Lipinski definition) is 1. The van der Waals surface area contributed by atoms with Crippen molar-refractivity contribution in [2.45, 2.75) is 6.92 Å². The summed E-state index contributed by atoms with van der Waals surface area (Å²) in [7, 11) is 0. The van der Waals surface area contributed by atoms with Gasteiger partial charge in [0.1, 0.15) is 5.75 Å². The third kappa shape index (κ3) is 1.62. The van der Waals surface area contributed by atoms with Gasteiger partial charge in [0, 0.05) is 0 Å². The van der Waals surface area contributed by atoms with Crippen molar-refractivity contribution < 1.29 is 5.11 Å². The maximum Gasteiger partial charge on any atom is 0.118 e. The molecule has 2 rings (SSSR count). The normalized spacial score (nSPS) is 10.1. The van der Waals surface area contributed by atoms with Crippen molar-refractivity contribution in [3.63, 3.8) is 0 Å². The highest BCUT2D eigenvalue weighted by atomic mass is 16.3. The van der Waals surface area contributed by atoms with Gasteiger partial charge in [-0.1, -0.05) is 36.4 Å². The maximum absolute atomic E-state index is 9.39. The SMILES string of the molecule is Cc1cc(-c2ccccc2)ccc1O. The average Bonchev–Trinajstić information content (AvgIpc) is 2.23. The van der Waals surface area contributed by atoms with Crippen molar-refractivity contribution in [2.75, 3.05) is 0 Å². The summed E-state index contributed by atoms with van der Waals surface area (Å²) in [4.78, 5) is 0. The van der Waals surface area contributed by atoms with Crippen molar-refractivity contribution >= 4 is 0 Å². The van der Waals surface area contributed by atoms with E-state index in [1.165, 1.54) is 5.56 Å². The zero-order valence-corrected chi connectivity index (χ0v) is 8.07. The van der Waals surface area contributed by atoms with Gasteiger partial charge in [0.05, 0.1) is 0 Å². The van der Waals surface area contributed by atoms with Gasteiger partial charge in [0.15, 0.2) is 0 Å². The van der Waals surface area contributed by atoms with Crippen molar-refractivity contribution in [1.29, 1.82) is 0 Å². The summed E-state index contributed by atoms with van der Waals surface area (Å²) in [6.07, 6.45) is 0. The van der Waals surface area contributed by atoms with Crippen LogP contribution in [0.1, 0.15) is 5.56 Å². The summed E-state index contributed by atoms with van der Waals surface area (Å²) in [5, 5.41) is 9.39. The van der Waals surface area contributed by atoms with Gasteiger partial charge in [-0.15, -0.1) is 0 Å². The van der Waals surface area contributed by atoms with Crippen LogP contribution in [0.15, 0.2) is 48.5 Å². The van der Waals surface area contributed by atoms with E-state index in [-0.39, 0.29) is 0 Å². The van der Waals surface area contributed by atoms with Crippen LogP contribution < -0.4 is 0 Å². The van der Waals surface area contributed by atoms with E-state index >= 15 is 0 Å². The molecule has 0 saturated carbocycles. The summed E-state index contributed by atoms with van der Waals surface area (Å²) in [6, 6.07) is 15.8. The van der Waals surface area contributed by atoms with Crippen LogP contribution in [-0.2, 0) is 0 Å². The van der Waals surface area contributed by atoms with E-state index < -0.39 is 0 Å². The molecule has 0 aliphatic carbocycles. The Labute approximate surface area is 83.6 Å². The van der Waals surface area contributed by atoms with E-state index in [1.807, 2.05) is 37.3 Å². The fourth-order valence-electron chi connectivity index (χ4n) is 1.47. The molecule has 1 heteroatoms. The second kappa shape index (κ2) is 3.54. The minimum absolute atomic E-state index is 0.352. The van der Waals surface area contributed by atoms with Gasteiger partial charge in [-0.2, -0.15) is 0 Å². The number of benzene rings is 2. The lowest BCUT2D eigenvalue weighted by molar-refractivity contribution is 0.471. The third-order valence-electron chi connectivity index (χ3n) is 2.30. The van der Waals surface area contributed by atoms with Crippen LogP contribution in [-0.4, -0.2) is 5.11 Å². The highest BCUT2D eigenvalue weighted by molar-refractivity contribution is 5.65. The largest absolute Gasteiger partial charge is 0.508 e. The van der Waals surface area contributed by atoms with E-state index in [0.29, 0.717) is 5.75 Å². The van der Waals surface area contributed by atoms with Crippen LogP contribution in [0.5, 0.6) is 5.75 Å². The predicted molar refractivity (Wildman–Crippen MR) is 58.3 cm³/mol. The first-order valence-electron chi connectivity index (χ1n) is 4.62. The Bertz CT molecular complexity index is 432. The molecule has 0 amide bonds. The summed E-state index contributed by atoms with van der Waals surface area (Å²) in [5.41, 5.74) is 3.22. The Balaban J connectivity index is 2.48. The maximum atomic E-state index is 9.39. The van der Waals surface area contributed by atoms with E-state index in [0.717, 1.165) is 11.1 Å². The molecule has 0 radical (unpaired) electrons. The quantitative estimate of drug-likeness (QED) is 0.720. The summed E-state index contributed by atoms with van der Waals surface area (Å²) in [5.74, 6) is 0.352. The van der Waals surface area contributed by atoms with E-state index in [4.69, 9.17) is 0 Å². The Kier molecular flexibility index (Phi) is 2.23. The van der Waals surface area contributed by atoms with Crippen LogP contribution in [0.4, 0.5) is 0 Å². The Morgan fingerprint density at radius 1 is 0.857 bits per heavy atom. The molecule has 0 heterocycles. The van der Waals surface area contributed by atoms with Crippen molar-refractivity contribution in [2.24, 2.45) is 0 Å². The Morgan fingerprint density at radius 2 is 1.57 bits per heavy atom. The molecule has 0 unspecified atom stereocenters. The molecule has 2 aromatic rings. The molecule has 2 aromatic carbocycles. The predicted octanol–water partition coefficient (Wildman–Crippen LogP) is 3.37. The molecule has 0 aliphatic heterocycles. The lowest BCUT2D eigenvalue weighted by Gasteiger charge is -2.03. The van der Waals surface area contributed by atoms with E-state index in [9.17, 15) is 5.11 Å². The van der Waals surface area contributed by atoms with E-state index in [2.05, 4.69) is 12.1 Å². The minimum Gasteiger partial charge on any atom is -0.508 e. The average molecular weight is 184 g/mol. The lowest BCUT2D eigenvalue weighted by Crippen LogP contribution is -1.79. The number of aryl methyl sites for hydroxylation is 1. The van der Waals surface area contributed by atoms with Gasteiger partial charge < -0.3 is 5.11 Å². The number of hydrogen-bond acceptors (Lipinski definition) is 1. The van der Waals surface area contributed by atoms with Crippen molar-refractivity contribution in [1.82, 2.24) is 0 Å². The molecule has 0 aromatic heterocycles. The van der Waals surface area contributed by atoms with Gasteiger partial charge in [-0.25, -0.2) is 0 Å². The highest BCUT2D eigenvalue weighted by Crippen LogP contribution is 2.24. The van der Waals surface area contributed by atoms with Crippen LogP contribution in [0.3, 0.4) is 0 Å². The minimum atomic E-state index is 0.352. The molecular formula is C13H12O. The highest BCUT2D eigenvalue weighted by Gasteiger charge is 1.99. The van der Waals surface area contributed by atoms with Crippen LogP contribution in [0, 0.1) is 6.92 Å². The van der Waals surface area contributed by atoms with Crippen LogP contribution >= 0.6 is 0 Å². The molecule has 0 fully saturated rings. The molecule has 0 saturated heterocycles. The second-order valence-electron chi connectivity index (χ2n) is 3.37. The third-order valence-corrected chi connectivity index (χ3v) is 2.30. The van der Waals surface area contributed by atoms with Gasteiger partial charge in [-0.05, 0) is 35.7 Å². The molecule has 0 atom stereocenters. The van der Waals surface area contributed by atoms with Crippen LogP contribution in [0.25, 0.3) is 11.1 Å². The van der Waals surface area contributed by atoms with Crippen molar-refractivity contribution in [3.05, 3.63) is 54.1 Å². The van der Waals surface area contributed by atoms with Gasteiger partial charge in [-0.3, -0.25) is 0 Å². The standard InChI is InChI=1S/C13H12O/c1-10-9-12(7-8-13(10)14)11-5-3-2-4-6-11/h2-9,14H,1H3. The van der Waals surface area contributed by atoms with Crippen LogP contribution in [0.2, 0.25) is 0 Å². The van der Waals surface area contributed by atoms with Gasteiger partial charge in [0.2, 0.25) is 0 Å². The molecule has 0 aliphatic rings. The second-order valence-corrected chi connectivity index (χ2v) is 3.37. The lowest BCUT2D eigenvalue weighted by atomic mass is 10.0. The molecule has 0 spiro atoms. The van der Waals surface area contributed by atoms with Gasteiger partial charge >= 0.3 is 0 Å². The molecule has 14 heavy (non-hydrogen) atoms.